The zero-order chi connectivity index (χ0) is 19.2. The van der Waals surface area contributed by atoms with Crippen LogP contribution in [0.15, 0.2) is 18.2 Å². The van der Waals surface area contributed by atoms with Crippen LogP contribution in [-0.4, -0.2) is 86.1 Å². The fraction of sp³-hybridized carbons (Fsp3) is 0.579. The first-order valence-electron chi connectivity index (χ1n) is 9.22. The monoisotopic (exact) mass is 429 g/mol. The average molecular weight is 430 g/mol. The van der Waals surface area contributed by atoms with Crippen molar-refractivity contribution in [3.8, 4) is 11.5 Å². The maximum absolute atomic E-state index is 12.8. The van der Waals surface area contributed by atoms with Crippen molar-refractivity contribution >= 4 is 36.0 Å². The van der Waals surface area contributed by atoms with Crippen LogP contribution in [0, 0.1) is 0 Å². The van der Waals surface area contributed by atoms with Gasteiger partial charge in [-0.2, -0.15) is 11.8 Å². The molecule has 1 aromatic carbocycles. The molecule has 28 heavy (non-hydrogen) atoms. The van der Waals surface area contributed by atoms with E-state index >= 15 is 0 Å². The van der Waals surface area contributed by atoms with Crippen LogP contribution in [0.1, 0.15) is 16.8 Å². The molecule has 7 nitrogen and oxygen atoms in total. The van der Waals surface area contributed by atoms with Crippen molar-refractivity contribution in [3.05, 3.63) is 23.8 Å². The summed E-state index contributed by atoms with van der Waals surface area (Å²) in [5.74, 6) is 3.36. The van der Waals surface area contributed by atoms with Gasteiger partial charge in [0.1, 0.15) is 0 Å². The number of hydrogen-bond donors (Lipinski definition) is 1. The number of carbonyl (C=O) groups excluding carboxylic acids is 2. The predicted molar refractivity (Wildman–Crippen MR) is 113 cm³/mol. The summed E-state index contributed by atoms with van der Waals surface area (Å²) in [5, 5.41) is 3.40. The van der Waals surface area contributed by atoms with Crippen molar-refractivity contribution in [1.82, 2.24) is 15.1 Å². The summed E-state index contributed by atoms with van der Waals surface area (Å²) >= 11 is 1.89. The highest BCUT2D eigenvalue weighted by molar-refractivity contribution is 7.99. The van der Waals surface area contributed by atoms with E-state index in [0.29, 0.717) is 49.7 Å². The van der Waals surface area contributed by atoms with Crippen molar-refractivity contribution in [2.24, 2.45) is 0 Å². The first kappa shape index (κ1) is 22.6. The highest BCUT2D eigenvalue weighted by atomic mass is 35.5. The highest BCUT2D eigenvalue weighted by Gasteiger charge is 2.27. The maximum atomic E-state index is 12.8. The number of benzene rings is 1. The Hall–Kier alpha value is -1.64. The van der Waals surface area contributed by atoms with Gasteiger partial charge in [-0.1, -0.05) is 0 Å². The predicted octanol–water partition coefficient (Wildman–Crippen LogP) is 1.51. The van der Waals surface area contributed by atoms with Crippen LogP contribution in [0.25, 0.3) is 0 Å². The van der Waals surface area contributed by atoms with Crippen LogP contribution >= 0.6 is 24.2 Å². The Morgan fingerprint density at radius 2 is 1.79 bits per heavy atom. The lowest BCUT2D eigenvalue weighted by molar-refractivity contribution is -0.133. The second-order valence-corrected chi connectivity index (χ2v) is 7.82. The second kappa shape index (κ2) is 10.8. The molecule has 9 heteroatoms. The van der Waals surface area contributed by atoms with Crippen molar-refractivity contribution < 1.29 is 19.1 Å². The van der Waals surface area contributed by atoms with Gasteiger partial charge in [0, 0.05) is 62.3 Å². The molecule has 0 aliphatic carbocycles. The van der Waals surface area contributed by atoms with Crippen LogP contribution in [0.3, 0.4) is 0 Å². The number of methoxy groups -OCH3 is 2. The van der Waals surface area contributed by atoms with Gasteiger partial charge in [-0.05, 0) is 18.2 Å². The van der Waals surface area contributed by atoms with Gasteiger partial charge in [0.15, 0.2) is 11.5 Å². The van der Waals surface area contributed by atoms with E-state index in [0.717, 1.165) is 18.1 Å². The molecule has 3 rings (SSSR count). The van der Waals surface area contributed by atoms with Crippen LogP contribution in [-0.2, 0) is 4.79 Å². The molecule has 1 atom stereocenters. The number of ether oxygens (including phenoxy) is 2. The molecule has 2 saturated heterocycles. The minimum Gasteiger partial charge on any atom is -0.493 e. The molecule has 1 N–H and O–H groups in total. The van der Waals surface area contributed by atoms with Gasteiger partial charge in [-0.15, -0.1) is 12.4 Å². The lowest BCUT2D eigenvalue weighted by Gasteiger charge is -2.36. The minimum atomic E-state index is -0.0478. The minimum absolute atomic E-state index is 0. The Balaban J connectivity index is 0.00000280. The van der Waals surface area contributed by atoms with E-state index < -0.39 is 0 Å². The van der Waals surface area contributed by atoms with Crippen molar-refractivity contribution in [2.45, 2.75) is 12.5 Å². The number of amides is 2. The topological polar surface area (TPSA) is 71.1 Å². The fourth-order valence-electron chi connectivity index (χ4n) is 3.40. The molecule has 2 heterocycles. The van der Waals surface area contributed by atoms with Gasteiger partial charge in [-0.3, -0.25) is 9.59 Å². The zero-order valence-corrected chi connectivity index (χ0v) is 17.9. The molecule has 1 unspecified atom stereocenters. The number of piperazine rings is 1. The highest BCUT2D eigenvalue weighted by Crippen LogP contribution is 2.28. The Morgan fingerprint density at radius 1 is 1.11 bits per heavy atom. The summed E-state index contributed by atoms with van der Waals surface area (Å²) in [6.07, 6.45) is 0.538. The molecule has 0 bridgehead atoms. The van der Waals surface area contributed by atoms with Gasteiger partial charge in [0.05, 0.1) is 14.2 Å². The lowest BCUT2D eigenvalue weighted by Crippen LogP contribution is -2.52. The molecule has 0 saturated carbocycles. The first-order valence-corrected chi connectivity index (χ1v) is 10.4. The van der Waals surface area contributed by atoms with Crippen molar-refractivity contribution in [1.29, 1.82) is 0 Å². The van der Waals surface area contributed by atoms with Gasteiger partial charge in [0.2, 0.25) is 5.91 Å². The molecular formula is C19H28ClN3O4S. The molecule has 2 aliphatic rings. The van der Waals surface area contributed by atoms with E-state index in [1.54, 1.807) is 37.3 Å². The number of thioether (sulfide) groups is 1. The summed E-state index contributed by atoms with van der Waals surface area (Å²) in [7, 11) is 3.12. The zero-order valence-electron chi connectivity index (χ0n) is 16.3. The Bertz CT molecular complexity index is 677. The van der Waals surface area contributed by atoms with Gasteiger partial charge in [-0.25, -0.2) is 0 Å². The standard InChI is InChI=1S/C19H27N3O4S.ClH/c1-25-16-4-3-14(11-17(16)26-2)19(24)22-8-6-21(7-9-22)18(23)12-15-13-27-10-5-20-15;/h3-4,11,15,20H,5-10,12-13H2,1-2H3;1H. The summed E-state index contributed by atoms with van der Waals surface area (Å²) < 4.78 is 10.5. The second-order valence-electron chi connectivity index (χ2n) is 6.67. The third kappa shape index (κ3) is 5.46. The van der Waals surface area contributed by atoms with E-state index in [1.165, 1.54) is 0 Å². The van der Waals surface area contributed by atoms with E-state index in [9.17, 15) is 9.59 Å². The quantitative estimate of drug-likeness (QED) is 0.765. The molecule has 2 amide bonds. The maximum Gasteiger partial charge on any atom is 0.254 e. The summed E-state index contributed by atoms with van der Waals surface area (Å²) in [4.78, 5) is 28.9. The smallest absolute Gasteiger partial charge is 0.254 e. The third-order valence-electron chi connectivity index (χ3n) is 4.97. The number of rotatable bonds is 5. The Labute approximate surface area is 176 Å². The number of nitrogens with one attached hydrogen (secondary N) is 1. The van der Waals surface area contributed by atoms with Crippen LogP contribution in [0.4, 0.5) is 0 Å². The van der Waals surface area contributed by atoms with E-state index in [-0.39, 0.29) is 30.3 Å². The van der Waals surface area contributed by atoms with Crippen molar-refractivity contribution in [3.63, 3.8) is 0 Å². The normalized spacial score (nSPS) is 19.6. The largest absolute Gasteiger partial charge is 0.493 e. The molecule has 156 valence electrons. The number of halogens is 1. The summed E-state index contributed by atoms with van der Waals surface area (Å²) in [6, 6.07) is 5.45. The first-order chi connectivity index (χ1) is 13.1. The Morgan fingerprint density at radius 3 is 2.39 bits per heavy atom. The molecule has 2 aliphatic heterocycles. The van der Waals surface area contributed by atoms with Crippen LogP contribution in [0.5, 0.6) is 11.5 Å². The van der Waals surface area contributed by atoms with E-state index in [2.05, 4.69) is 5.32 Å². The number of hydrogen-bond acceptors (Lipinski definition) is 6. The molecular weight excluding hydrogens is 402 g/mol. The molecule has 2 fully saturated rings. The SMILES string of the molecule is COc1ccc(C(=O)N2CCN(C(=O)CC3CSCCN3)CC2)cc1OC.Cl. The lowest BCUT2D eigenvalue weighted by atomic mass is 10.1. The fourth-order valence-corrected chi connectivity index (χ4v) is 4.35. The molecule has 0 spiro atoms. The van der Waals surface area contributed by atoms with Gasteiger partial charge >= 0.3 is 0 Å². The molecule has 1 aromatic rings. The van der Waals surface area contributed by atoms with Gasteiger partial charge < -0.3 is 24.6 Å². The average Bonchev–Trinajstić information content (AvgIpc) is 2.73. The summed E-state index contributed by atoms with van der Waals surface area (Å²) in [5.41, 5.74) is 0.566. The number of carbonyl (C=O) groups is 2. The Kier molecular flexibility index (Phi) is 8.72. The van der Waals surface area contributed by atoms with E-state index in [1.807, 2.05) is 16.7 Å². The molecule has 0 aromatic heterocycles. The molecule has 0 radical (unpaired) electrons. The third-order valence-corrected chi connectivity index (χ3v) is 6.10. The summed E-state index contributed by atoms with van der Waals surface area (Å²) in [6.45, 7) is 3.23. The van der Waals surface area contributed by atoms with E-state index in [4.69, 9.17) is 9.47 Å². The number of nitrogens with zero attached hydrogens (tertiary/aromatic N) is 2. The van der Waals surface area contributed by atoms with Gasteiger partial charge in [0.25, 0.3) is 5.91 Å². The van der Waals surface area contributed by atoms with Crippen LogP contribution in [0.2, 0.25) is 0 Å². The van der Waals surface area contributed by atoms with Crippen LogP contribution < -0.4 is 14.8 Å². The van der Waals surface area contributed by atoms with Crippen molar-refractivity contribution in [2.75, 3.05) is 58.4 Å².